The molecule has 2 heteroatoms. The second kappa shape index (κ2) is 12.3. The first-order valence-corrected chi connectivity index (χ1v) is 19.5. The normalized spacial score (nSPS) is 14.2. The molecular weight excluding hydrogens is 677 g/mol. The second-order valence-electron chi connectivity index (χ2n) is 15.7. The third-order valence-electron chi connectivity index (χ3n) is 12.4. The Kier molecular flexibility index (Phi) is 7.15. The van der Waals surface area contributed by atoms with Crippen molar-refractivity contribution >= 4 is 10.9 Å². The average molecular weight is 715 g/mol. The van der Waals surface area contributed by atoms with Crippen LogP contribution in [0.15, 0.2) is 194 Å². The first-order valence-electron chi connectivity index (χ1n) is 19.5. The predicted molar refractivity (Wildman–Crippen MR) is 231 cm³/mol. The molecule has 0 radical (unpaired) electrons. The molecule has 11 rings (SSSR count). The molecule has 56 heavy (non-hydrogen) atoms. The molecule has 2 aliphatic rings. The Labute approximate surface area is 327 Å². The molecule has 264 valence electrons. The lowest BCUT2D eigenvalue weighted by Gasteiger charge is -2.46. The Morgan fingerprint density at radius 2 is 0.857 bits per heavy atom. The van der Waals surface area contributed by atoms with Gasteiger partial charge in [0.15, 0.2) is 5.82 Å². The van der Waals surface area contributed by atoms with Crippen LogP contribution in [0.2, 0.25) is 0 Å². The van der Waals surface area contributed by atoms with E-state index in [1.165, 1.54) is 61.2 Å². The van der Waals surface area contributed by atoms with Gasteiger partial charge in [0.1, 0.15) is 0 Å². The summed E-state index contributed by atoms with van der Waals surface area (Å²) in [5.41, 5.74) is 18.8. The molecule has 0 atom stereocenters. The lowest BCUT2D eigenvalue weighted by atomic mass is 9.55. The smallest absolute Gasteiger partial charge is 0.160 e. The highest BCUT2D eigenvalue weighted by Gasteiger charge is 2.53. The molecule has 2 aliphatic carbocycles. The highest BCUT2D eigenvalue weighted by Crippen LogP contribution is 2.62. The maximum absolute atomic E-state index is 5.29. The molecule has 0 fully saturated rings. The molecule has 8 aromatic carbocycles. The Bertz CT molecular complexity index is 2950. The minimum absolute atomic E-state index is 0.182. The summed E-state index contributed by atoms with van der Waals surface area (Å²) in [5.74, 6) is 0.718. The zero-order valence-electron chi connectivity index (χ0n) is 31.4. The summed E-state index contributed by atoms with van der Waals surface area (Å²) in [7, 11) is 0. The van der Waals surface area contributed by atoms with Crippen LogP contribution in [0.4, 0.5) is 0 Å². The topological polar surface area (TPSA) is 25.8 Å². The third-order valence-corrected chi connectivity index (χ3v) is 12.4. The quantitative estimate of drug-likeness (QED) is 0.181. The molecule has 0 saturated heterocycles. The fourth-order valence-corrected chi connectivity index (χ4v) is 9.75. The van der Waals surface area contributed by atoms with Crippen LogP contribution in [-0.2, 0) is 10.8 Å². The zero-order valence-corrected chi connectivity index (χ0v) is 31.4. The van der Waals surface area contributed by atoms with Gasteiger partial charge in [-0.15, -0.1) is 0 Å². The Morgan fingerprint density at radius 1 is 0.339 bits per heavy atom. The van der Waals surface area contributed by atoms with Gasteiger partial charge in [0.05, 0.1) is 16.6 Å². The summed E-state index contributed by atoms with van der Waals surface area (Å²) in [4.78, 5) is 10.4. The first-order chi connectivity index (χ1) is 27.5. The molecule has 2 nitrogen and oxygen atoms in total. The van der Waals surface area contributed by atoms with Crippen molar-refractivity contribution in [2.24, 2.45) is 0 Å². The summed E-state index contributed by atoms with van der Waals surface area (Å²) in [6, 6.07) is 70.7. The minimum atomic E-state index is -0.436. The van der Waals surface area contributed by atoms with E-state index >= 15 is 0 Å². The van der Waals surface area contributed by atoms with E-state index in [2.05, 4.69) is 208 Å². The SMILES string of the molecule is CC1(C)c2ccccc2C2(c3ccccc3-c3ccccc32)c2cc(-c3cccc(-c4nc(-c5ccc(-c6ccccc6)cc5)c5ccccc5n4)c3)ccc21. The fraction of sp³-hybridized carbons (Fsp3) is 0.0741. The van der Waals surface area contributed by atoms with Gasteiger partial charge in [-0.2, -0.15) is 0 Å². The van der Waals surface area contributed by atoms with Crippen LogP contribution in [0.5, 0.6) is 0 Å². The number of rotatable bonds is 4. The number of hydrogen-bond acceptors (Lipinski definition) is 2. The summed E-state index contributed by atoms with van der Waals surface area (Å²) in [5, 5.41) is 1.04. The molecule has 0 saturated carbocycles. The summed E-state index contributed by atoms with van der Waals surface area (Å²) in [6.45, 7) is 4.77. The first kappa shape index (κ1) is 32.5. The molecule has 0 bridgehead atoms. The van der Waals surface area contributed by atoms with Gasteiger partial charge < -0.3 is 0 Å². The van der Waals surface area contributed by atoms with Crippen molar-refractivity contribution in [2.45, 2.75) is 24.7 Å². The van der Waals surface area contributed by atoms with Crippen LogP contribution in [0.25, 0.3) is 66.9 Å². The van der Waals surface area contributed by atoms with Crippen molar-refractivity contribution in [2.75, 3.05) is 0 Å². The fourth-order valence-electron chi connectivity index (χ4n) is 9.75. The van der Waals surface area contributed by atoms with E-state index in [-0.39, 0.29) is 5.41 Å². The molecule has 0 amide bonds. The molecule has 0 N–H and O–H groups in total. The lowest BCUT2D eigenvalue weighted by molar-refractivity contribution is 0.563. The maximum Gasteiger partial charge on any atom is 0.160 e. The molecule has 0 unspecified atom stereocenters. The van der Waals surface area contributed by atoms with Crippen LogP contribution >= 0.6 is 0 Å². The number of aromatic nitrogens is 2. The number of para-hydroxylation sites is 1. The Morgan fingerprint density at radius 3 is 1.61 bits per heavy atom. The standard InChI is InChI=1S/C54H38N2/c1-53(2)46-24-11-12-25-48(46)54(44-22-9-6-19-41(44)42-20-7-10-23-45(42)54)49-34-39(31-32-47(49)53)38-17-14-18-40(33-38)52-55-50-26-13-8-21-43(50)51(56-52)37-29-27-36(28-30-37)35-15-4-3-5-16-35/h3-34H,1-2H3. The monoisotopic (exact) mass is 714 g/mol. The largest absolute Gasteiger partial charge is 0.228 e. The van der Waals surface area contributed by atoms with Crippen molar-refractivity contribution < 1.29 is 0 Å². The molecular formula is C54H38N2. The maximum atomic E-state index is 5.29. The van der Waals surface area contributed by atoms with Gasteiger partial charge in [0.25, 0.3) is 0 Å². The van der Waals surface area contributed by atoms with E-state index in [9.17, 15) is 0 Å². The Balaban J connectivity index is 1.07. The van der Waals surface area contributed by atoms with Crippen LogP contribution < -0.4 is 0 Å². The molecule has 0 aliphatic heterocycles. The third kappa shape index (κ3) is 4.69. The van der Waals surface area contributed by atoms with Gasteiger partial charge in [-0.05, 0) is 85.0 Å². The van der Waals surface area contributed by atoms with Crippen LogP contribution in [0.1, 0.15) is 47.2 Å². The number of fused-ring (bicyclic) bond motifs is 10. The number of nitrogens with zero attached hydrogens (tertiary/aromatic N) is 2. The van der Waals surface area contributed by atoms with Crippen LogP contribution in [-0.4, -0.2) is 9.97 Å². The Hall–Kier alpha value is -6.90. The van der Waals surface area contributed by atoms with E-state index in [0.29, 0.717) is 0 Å². The van der Waals surface area contributed by atoms with E-state index < -0.39 is 5.41 Å². The summed E-state index contributed by atoms with van der Waals surface area (Å²) < 4.78 is 0. The number of benzene rings is 8. The highest BCUT2D eigenvalue weighted by molar-refractivity contribution is 5.94. The van der Waals surface area contributed by atoms with Crippen molar-refractivity contribution in [3.05, 3.63) is 228 Å². The van der Waals surface area contributed by atoms with E-state index in [1.807, 2.05) is 0 Å². The van der Waals surface area contributed by atoms with Gasteiger partial charge in [-0.3, -0.25) is 0 Å². The van der Waals surface area contributed by atoms with E-state index in [0.717, 1.165) is 39.1 Å². The van der Waals surface area contributed by atoms with E-state index in [4.69, 9.17) is 9.97 Å². The molecule has 1 spiro atoms. The van der Waals surface area contributed by atoms with Gasteiger partial charge in [0, 0.05) is 21.9 Å². The number of hydrogen-bond donors (Lipinski definition) is 0. The summed E-state index contributed by atoms with van der Waals surface area (Å²) >= 11 is 0. The van der Waals surface area contributed by atoms with E-state index in [1.54, 1.807) is 0 Å². The predicted octanol–water partition coefficient (Wildman–Crippen LogP) is 13.3. The second-order valence-corrected chi connectivity index (χ2v) is 15.7. The highest BCUT2D eigenvalue weighted by atomic mass is 14.9. The molecule has 1 aromatic heterocycles. The lowest BCUT2D eigenvalue weighted by Crippen LogP contribution is -2.40. The molecule has 9 aromatic rings. The van der Waals surface area contributed by atoms with Crippen molar-refractivity contribution in [3.8, 4) is 56.0 Å². The van der Waals surface area contributed by atoms with Crippen molar-refractivity contribution in [3.63, 3.8) is 0 Å². The van der Waals surface area contributed by atoms with Gasteiger partial charge in [-0.25, -0.2) is 9.97 Å². The summed E-state index contributed by atoms with van der Waals surface area (Å²) in [6.07, 6.45) is 0. The van der Waals surface area contributed by atoms with Gasteiger partial charge >= 0.3 is 0 Å². The zero-order chi connectivity index (χ0) is 37.4. The minimum Gasteiger partial charge on any atom is -0.228 e. The van der Waals surface area contributed by atoms with Gasteiger partial charge in [0.2, 0.25) is 0 Å². The van der Waals surface area contributed by atoms with Crippen molar-refractivity contribution in [1.82, 2.24) is 9.97 Å². The van der Waals surface area contributed by atoms with Crippen LogP contribution in [0, 0.1) is 0 Å². The average Bonchev–Trinajstić information content (AvgIpc) is 3.56. The molecule has 1 heterocycles. The van der Waals surface area contributed by atoms with Crippen molar-refractivity contribution in [1.29, 1.82) is 0 Å². The van der Waals surface area contributed by atoms with Gasteiger partial charge in [-0.1, -0.05) is 190 Å². The van der Waals surface area contributed by atoms with Crippen LogP contribution in [0.3, 0.4) is 0 Å².